The van der Waals surface area contributed by atoms with Crippen molar-refractivity contribution >= 4 is 21.4 Å². The molecule has 0 saturated carbocycles. The van der Waals surface area contributed by atoms with Gasteiger partial charge < -0.3 is 19.7 Å². The molecule has 7 nitrogen and oxygen atoms in total. The van der Waals surface area contributed by atoms with Crippen LogP contribution in [0.2, 0.25) is 0 Å². The molecule has 2 aromatic rings. The molecule has 0 fully saturated rings. The SMILES string of the molecule is COc1cc(OC)c(S(C)(=O)=O)cc1C(=O)Nc1cccc2c1CCN(C)C2. The number of nitrogens with one attached hydrogen (secondary N) is 1. The van der Waals surface area contributed by atoms with Gasteiger partial charge in [-0.3, -0.25) is 4.79 Å². The normalized spacial score (nSPS) is 14.3. The second-order valence-corrected chi connectivity index (χ2v) is 8.84. The number of benzene rings is 2. The quantitative estimate of drug-likeness (QED) is 0.823. The molecular weight excluding hydrogens is 380 g/mol. The Kier molecular flexibility index (Phi) is 5.62. The van der Waals surface area contributed by atoms with E-state index in [0.717, 1.165) is 37.0 Å². The van der Waals surface area contributed by atoms with Crippen LogP contribution in [-0.4, -0.2) is 53.3 Å². The number of carbonyl (C=O) groups is 1. The molecule has 0 bridgehead atoms. The van der Waals surface area contributed by atoms with Crippen molar-refractivity contribution in [1.82, 2.24) is 4.90 Å². The van der Waals surface area contributed by atoms with Crippen LogP contribution in [0.1, 0.15) is 21.5 Å². The van der Waals surface area contributed by atoms with E-state index in [0.29, 0.717) is 0 Å². The summed E-state index contributed by atoms with van der Waals surface area (Å²) in [4.78, 5) is 15.1. The Balaban J connectivity index is 2.01. The summed E-state index contributed by atoms with van der Waals surface area (Å²) in [5.41, 5.74) is 3.14. The van der Waals surface area contributed by atoms with Gasteiger partial charge in [0.05, 0.1) is 19.8 Å². The van der Waals surface area contributed by atoms with Gasteiger partial charge in [0.25, 0.3) is 5.91 Å². The van der Waals surface area contributed by atoms with E-state index in [1.54, 1.807) is 0 Å². The summed E-state index contributed by atoms with van der Waals surface area (Å²) < 4.78 is 34.7. The third-order valence-electron chi connectivity index (χ3n) is 4.83. The van der Waals surface area contributed by atoms with Crippen molar-refractivity contribution in [2.24, 2.45) is 0 Å². The molecule has 150 valence electrons. The molecule has 0 radical (unpaired) electrons. The van der Waals surface area contributed by atoms with Crippen molar-refractivity contribution in [3.8, 4) is 11.5 Å². The van der Waals surface area contributed by atoms with Crippen molar-refractivity contribution in [2.45, 2.75) is 17.9 Å². The van der Waals surface area contributed by atoms with Gasteiger partial charge in [-0.15, -0.1) is 0 Å². The highest BCUT2D eigenvalue weighted by Crippen LogP contribution is 2.33. The highest BCUT2D eigenvalue weighted by Gasteiger charge is 2.23. The van der Waals surface area contributed by atoms with Crippen LogP contribution >= 0.6 is 0 Å². The van der Waals surface area contributed by atoms with E-state index in [1.165, 1.54) is 31.9 Å². The first-order valence-corrected chi connectivity index (χ1v) is 10.7. The fraction of sp³-hybridized carbons (Fsp3) is 0.350. The average Bonchev–Trinajstić information content (AvgIpc) is 2.65. The van der Waals surface area contributed by atoms with E-state index >= 15 is 0 Å². The van der Waals surface area contributed by atoms with Gasteiger partial charge in [0.1, 0.15) is 16.4 Å². The zero-order valence-electron chi connectivity index (χ0n) is 16.4. The topological polar surface area (TPSA) is 84.9 Å². The third-order valence-corrected chi connectivity index (χ3v) is 5.95. The molecule has 1 amide bonds. The Hall–Kier alpha value is -2.58. The standard InChI is InChI=1S/C20H24N2O5S/c1-22-9-8-14-13(12-22)6-5-7-16(14)21-20(23)15-10-19(28(4,24)25)18(27-3)11-17(15)26-2/h5-7,10-11H,8-9,12H2,1-4H3,(H,21,23). The Labute approximate surface area is 165 Å². The van der Waals surface area contributed by atoms with Gasteiger partial charge in [0.15, 0.2) is 9.84 Å². The van der Waals surface area contributed by atoms with Crippen LogP contribution in [0.3, 0.4) is 0 Å². The first-order chi connectivity index (χ1) is 13.2. The molecule has 1 aliphatic heterocycles. The first-order valence-electron chi connectivity index (χ1n) is 8.81. The van der Waals surface area contributed by atoms with Crippen LogP contribution in [0.15, 0.2) is 35.2 Å². The van der Waals surface area contributed by atoms with Crippen molar-refractivity contribution in [3.63, 3.8) is 0 Å². The molecule has 0 spiro atoms. The largest absolute Gasteiger partial charge is 0.496 e. The van der Waals surface area contributed by atoms with E-state index in [4.69, 9.17) is 9.47 Å². The van der Waals surface area contributed by atoms with Crippen molar-refractivity contribution in [1.29, 1.82) is 0 Å². The van der Waals surface area contributed by atoms with E-state index in [1.807, 2.05) is 12.1 Å². The lowest BCUT2D eigenvalue weighted by molar-refractivity contribution is 0.102. The number of sulfone groups is 1. The Morgan fingerprint density at radius 3 is 2.50 bits per heavy atom. The van der Waals surface area contributed by atoms with Crippen LogP contribution in [-0.2, 0) is 22.8 Å². The number of amides is 1. The van der Waals surface area contributed by atoms with E-state index in [-0.39, 0.29) is 22.0 Å². The van der Waals surface area contributed by atoms with Gasteiger partial charge >= 0.3 is 0 Å². The number of likely N-dealkylation sites (N-methyl/N-ethyl adjacent to an activating group) is 1. The van der Waals surface area contributed by atoms with Crippen LogP contribution in [0, 0.1) is 0 Å². The second-order valence-electron chi connectivity index (χ2n) is 6.86. The summed E-state index contributed by atoms with van der Waals surface area (Å²) in [6, 6.07) is 8.53. The Morgan fingerprint density at radius 1 is 1.14 bits per heavy atom. The number of rotatable bonds is 5. The maximum absolute atomic E-state index is 13.0. The first kappa shape index (κ1) is 20.2. The fourth-order valence-corrected chi connectivity index (χ4v) is 4.23. The number of nitrogens with zero attached hydrogens (tertiary/aromatic N) is 1. The molecule has 3 rings (SSSR count). The molecule has 0 unspecified atom stereocenters. The Bertz CT molecular complexity index is 1020. The lowest BCUT2D eigenvalue weighted by Gasteiger charge is -2.27. The van der Waals surface area contributed by atoms with Gasteiger partial charge in [-0.05, 0) is 36.7 Å². The molecule has 0 aliphatic carbocycles. The summed E-state index contributed by atoms with van der Waals surface area (Å²) >= 11 is 0. The van der Waals surface area contributed by atoms with Gasteiger partial charge in [0, 0.05) is 31.1 Å². The third kappa shape index (κ3) is 3.98. The van der Waals surface area contributed by atoms with Gasteiger partial charge in [-0.25, -0.2) is 8.42 Å². The lowest BCUT2D eigenvalue weighted by atomic mass is 9.98. The van der Waals surface area contributed by atoms with Crippen LogP contribution in [0.5, 0.6) is 11.5 Å². The Morgan fingerprint density at radius 2 is 1.86 bits per heavy atom. The van der Waals surface area contributed by atoms with Crippen molar-refractivity contribution in [3.05, 3.63) is 47.0 Å². The van der Waals surface area contributed by atoms with E-state index < -0.39 is 15.7 Å². The van der Waals surface area contributed by atoms with Crippen LogP contribution < -0.4 is 14.8 Å². The molecule has 28 heavy (non-hydrogen) atoms. The van der Waals surface area contributed by atoms with Crippen molar-refractivity contribution < 1.29 is 22.7 Å². The number of fused-ring (bicyclic) bond motifs is 1. The zero-order chi connectivity index (χ0) is 20.5. The van der Waals surface area contributed by atoms with Gasteiger partial charge in [0.2, 0.25) is 0 Å². The highest BCUT2D eigenvalue weighted by molar-refractivity contribution is 7.90. The minimum absolute atomic E-state index is 0.0577. The predicted octanol–water partition coefficient (Wildman–Crippen LogP) is 2.35. The number of hydrogen-bond acceptors (Lipinski definition) is 6. The minimum atomic E-state index is -3.59. The highest BCUT2D eigenvalue weighted by atomic mass is 32.2. The molecule has 0 aromatic heterocycles. The van der Waals surface area contributed by atoms with Crippen LogP contribution in [0.4, 0.5) is 5.69 Å². The van der Waals surface area contributed by atoms with Gasteiger partial charge in [-0.1, -0.05) is 12.1 Å². The fourth-order valence-electron chi connectivity index (χ4n) is 3.39. The molecule has 0 atom stereocenters. The summed E-state index contributed by atoms with van der Waals surface area (Å²) in [7, 11) is 1.27. The molecule has 2 aromatic carbocycles. The second kappa shape index (κ2) is 7.81. The monoisotopic (exact) mass is 404 g/mol. The van der Waals surface area contributed by atoms with Crippen molar-refractivity contribution in [2.75, 3.05) is 39.4 Å². The molecule has 1 N–H and O–H groups in total. The average molecular weight is 404 g/mol. The maximum Gasteiger partial charge on any atom is 0.259 e. The molecular formula is C20H24N2O5S. The summed E-state index contributed by atoms with van der Waals surface area (Å²) in [6.07, 6.45) is 1.90. The molecule has 1 heterocycles. The molecule has 0 saturated heterocycles. The van der Waals surface area contributed by atoms with E-state index in [9.17, 15) is 13.2 Å². The minimum Gasteiger partial charge on any atom is -0.496 e. The number of methoxy groups -OCH3 is 2. The summed E-state index contributed by atoms with van der Waals surface area (Å²) in [5.74, 6) is -0.0564. The smallest absolute Gasteiger partial charge is 0.259 e. The zero-order valence-corrected chi connectivity index (χ0v) is 17.2. The lowest BCUT2D eigenvalue weighted by Crippen LogP contribution is -2.27. The van der Waals surface area contributed by atoms with Gasteiger partial charge in [-0.2, -0.15) is 0 Å². The van der Waals surface area contributed by atoms with E-state index in [2.05, 4.69) is 23.3 Å². The molecule has 1 aliphatic rings. The number of carbonyl (C=O) groups excluding carboxylic acids is 1. The summed E-state index contributed by atoms with van der Waals surface area (Å²) in [5, 5.41) is 2.92. The number of hydrogen-bond donors (Lipinski definition) is 1. The molecule has 8 heteroatoms. The maximum atomic E-state index is 13.0. The number of anilines is 1. The predicted molar refractivity (Wildman–Crippen MR) is 107 cm³/mol. The van der Waals surface area contributed by atoms with Crippen LogP contribution in [0.25, 0.3) is 0 Å². The summed E-state index contributed by atoms with van der Waals surface area (Å²) in [6.45, 7) is 1.73. The number of ether oxygens (including phenoxy) is 2.